The van der Waals surface area contributed by atoms with E-state index in [0.717, 1.165) is 49.0 Å². The summed E-state index contributed by atoms with van der Waals surface area (Å²) in [5.41, 5.74) is 1.22. The number of nitrogens with one attached hydrogen (secondary N) is 1. The summed E-state index contributed by atoms with van der Waals surface area (Å²) in [4.78, 5) is 33.8. The summed E-state index contributed by atoms with van der Waals surface area (Å²) < 4.78 is 1.61. The molecule has 8 heteroatoms. The predicted octanol–water partition coefficient (Wildman–Crippen LogP) is 1.97. The van der Waals surface area contributed by atoms with Crippen LogP contribution in [0.25, 0.3) is 10.2 Å². The molecule has 2 aliphatic rings. The van der Waals surface area contributed by atoms with Crippen molar-refractivity contribution in [3.05, 3.63) is 27.1 Å². The monoisotopic (exact) mass is 396 g/mol. The molecule has 1 unspecified atom stereocenters. The van der Waals surface area contributed by atoms with E-state index in [1.807, 2.05) is 11.9 Å². The third-order valence-electron chi connectivity index (χ3n) is 5.48. The van der Waals surface area contributed by atoms with Gasteiger partial charge in [0.2, 0.25) is 5.91 Å². The van der Waals surface area contributed by atoms with Crippen molar-refractivity contribution in [3.63, 3.8) is 0 Å². The highest BCUT2D eigenvalue weighted by molar-refractivity contribution is 7.18. The van der Waals surface area contributed by atoms with Crippen LogP contribution in [0.2, 0.25) is 0 Å². The predicted molar refractivity (Wildman–Crippen MR) is 106 cm³/mol. The summed E-state index contributed by atoms with van der Waals surface area (Å²) >= 11 is 1.66. The van der Waals surface area contributed by atoms with E-state index in [4.69, 9.17) is 0 Å². The van der Waals surface area contributed by atoms with E-state index >= 15 is 0 Å². The third kappa shape index (κ3) is 3.52. The Morgan fingerprint density at radius 1 is 1.42 bits per heavy atom. The lowest BCUT2D eigenvalue weighted by Crippen LogP contribution is -2.39. The molecule has 4 rings (SSSR count). The standard InChI is InChI=1S/C18H24N4O2S.ClH/c1-21(12-6-8-19-10-12)15(23)7-9-22-11-20-17-16(18(22)24)13-4-2-3-5-14(13)25-17;/h11-12,19H,2-10H2,1H3;1H. The first-order valence-corrected chi connectivity index (χ1v) is 9.93. The zero-order chi connectivity index (χ0) is 17.4. The van der Waals surface area contributed by atoms with Gasteiger partial charge in [-0.25, -0.2) is 4.98 Å². The minimum atomic E-state index is 0. The maximum absolute atomic E-state index is 12.9. The number of rotatable bonds is 4. The van der Waals surface area contributed by atoms with Gasteiger partial charge in [-0.15, -0.1) is 23.7 Å². The van der Waals surface area contributed by atoms with Crippen LogP contribution in [0.3, 0.4) is 0 Å². The van der Waals surface area contributed by atoms with E-state index in [2.05, 4.69) is 10.3 Å². The normalized spacial score (nSPS) is 19.2. The molecule has 1 fully saturated rings. The highest BCUT2D eigenvalue weighted by Crippen LogP contribution is 2.33. The van der Waals surface area contributed by atoms with Crippen molar-refractivity contribution in [2.75, 3.05) is 20.1 Å². The van der Waals surface area contributed by atoms with Gasteiger partial charge in [-0.3, -0.25) is 14.2 Å². The number of hydrogen-bond donors (Lipinski definition) is 1. The maximum atomic E-state index is 12.9. The molecule has 6 nitrogen and oxygen atoms in total. The summed E-state index contributed by atoms with van der Waals surface area (Å²) in [6.45, 7) is 2.22. The number of hydrogen-bond acceptors (Lipinski definition) is 5. The Hall–Kier alpha value is -1.44. The van der Waals surface area contributed by atoms with E-state index in [1.165, 1.54) is 16.9 Å². The van der Waals surface area contributed by atoms with Gasteiger partial charge < -0.3 is 10.2 Å². The Morgan fingerprint density at radius 2 is 2.23 bits per heavy atom. The van der Waals surface area contributed by atoms with Gasteiger partial charge >= 0.3 is 0 Å². The first-order chi connectivity index (χ1) is 12.1. The lowest BCUT2D eigenvalue weighted by Gasteiger charge is -2.23. The van der Waals surface area contributed by atoms with Gasteiger partial charge in [-0.1, -0.05) is 0 Å². The molecule has 0 bridgehead atoms. The fraction of sp³-hybridized carbons (Fsp3) is 0.611. The number of carbonyl (C=O) groups excluding carboxylic acids is 1. The summed E-state index contributed by atoms with van der Waals surface area (Å²) in [6, 6.07) is 0.272. The maximum Gasteiger partial charge on any atom is 0.262 e. The molecular weight excluding hydrogens is 372 g/mol. The van der Waals surface area contributed by atoms with Crippen molar-refractivity contribution in [3.8, 4) is 0 Å². The molecule has 0 spiro atoms. The molecular formula is C18H25ClN4O2S. The lowest BCUT2D eigenvalue weighted by molar-refractivity contribution is -0.131. The van der Waals surface area contributed by atoms with Crippen LogP contribution in [0.15, 0.2) is 11.1 Å². The summed E-state index contributed by atoms with van der Waals surface area (Å²) in [5.74, 6) is 0.0908. The van der Waals surface area contributed by atoms with Gasteiger partial charge in [0.1, 0.15) is 4.83 Å². The zero-order valence-corrected chi connectivity index (χ0v) is 16.6. The number of carbonyl (C=O) groups is 1. The number of likely N-dealkylation sites (N-methyl/N-ethyl adjacent to an activating group) is 1. The number of nitrogens with zero attached hydrogens (tertiary/aromatic N) is 3. The molecule has 1 N–H and O–H groups in total. The Labute approximate surface area is 163 Å². The quantitative estimate of drug-likeness (QED) is 0.857. The molecule has 1 saturated heterocycles. The van der Waals surface area contributed by atoms with Gasteiger partial charge in [0, 0.05) is 37.5 Å². The number of aryl methyl sites for hydroxylation is 3. The number of amides is 1. The van der Waals surface area contributed by atoms with Crippen LogP contribution in [0.1, 0.15) is 36.1 Å². The van der Waals surface area contributed by atoms with E-state index in [9.17, 15) is 9.59 Å². The summed E-state index contributed by atoms with van der Waals surface area (Å²) in [7, 11) is 1.86. The molecule has 142 valence electrons. The van der Waals surface area contributed by atoms with E-state index < -0.39 is 0 Å². The average molecular weight is 397 g/mol. The van der Waals surface area contributed by atoms with Crippen molar-refractivity contribution < 1.29 is 4.79 Å². The molecule has 0 radical (unpaired) electrons. The van der Waals surface area contributed by atoms with Gasteiger partial charge in [-0.2, -0.15) is 0 Å². The van der Waals surface area contributed by atoms with Gasteiger partial charge in [0.25, 0.3) is 5.56 Å². The molecule has 1 aliphatic carbocycles. The van der Waals surface area contributed by atoms with E-state index in [1.54, 1.807) is 22.2 Å². The highest BCUT2D eigenvalue weighted by atomic mass is 35.5. The first-order valence-electron chi connectivity index (χ1n) is 9.11. The number of thiophene rings is 1. The molecule has 0 saturated carbocycles. The molecule has 1 atom stereocenters. The summed E-state index contributed by atoms with van der Waals surface area (Å²) in [6.07, 6.45) is 7.33. The lowest BCUT2D eigenvalue weighted by atomic mass is 9.97. The molecule has 26 heavy (non-hydrogen) atoms. The molecule has 1 aliphatic heterocycles. The van der Waals surface area contributed by atoms with Crippen molar-refractivity contribution in [1.29, 1.82) is 0 Å². The zero-order valence-electron chi connectivity index (χ0n) is 15.0. The fourth-order valence-corrected chi connectivity index (χ4v) is 5.13. The molecule has 1 amide bonds. The minimum absolute atomic E-state index is 0. The van der Waals surface area contributed by atoms with Gasteiger partial charge in [0.15, 0.2) is 0 Å². The van der Waals surface area contributed by atoms with Crippen LogP contribution in [0.4, 0.5) is 0 Å². The third-order valence-corrected chi connectivity index (χ3v) is 6.68. The highest BCUT2D eigenvalue weighted by Gasteiger charge is 2.23. The van der Waals surface area contributed by atoms with Crippen LogP contribution in [0, 0.1) is 0 Å². The Balaban J connectivity index is 0.00000196. The van der Waals surface area contributed by atoms with Crippen LogP contribution in [-0.4, -0.2) is 46.5 Å². The van der Waals surface area contributed by atoms with Crippen molar-refractivity contribution in [2.45, 2.75) is 51.1 Å². The van der Waals surface area contributed by atoms with Crippen molar-refractivity contribution in [1.82, 2.24) is 19.8 Å². The second kappa shape index (κ2) is 8.06. The van der Waals surface area contributed by atoms with Gasteiger partial charge in [-0.05, 0) is 44.2 Å². The number of fused-ring (bicyclic) bond motifs is 3. The molecule has 3 heterocycles. The Morgan fingerprint density at radius 3 is 3.00 bits per heavy atom. The number of halogens is 1. The Bertz CT molecular complexity index is 857. The topological polar surface area (TPSA) is 67.2 Å². The van der Waals surface area contributed by atoms with Crippen LogP contribution in [-0.2, 0) is 24.2 Å². The van der Waals surface area contributed by atoms with Crippen molar-refractivity contribution >= 4 is 39.9 Å². The second-order valence-corrected chi connectivity index (χ2v) is 8.12. The Kier molecular flexibility index (Phi) is 5.99. The fourth-order valence-electron chi connectivity index (χ4n) is 3.91. The smallest absolute Gasteiger partial charge is 0.262 e. The van der Waals surface area contributed by atoms with Crippen molar-refractivity contribution in [2.24, 2.45) is 0 Å². The number of aromatic nitrogens is 2. The largest absolute Gasteiger partial charge is 0.341 e. The minimum Gasteiger partial charge on any atom is -0.341 e. The van der Waals surface area contributed by atoms with E-state index in [0.29, 0.717) is 13.0 Å². The average Bonchev–Trinajstić information content (AvgIpc) is 3.28. The second-order valence-electron chi connectivity index (χ2n) is 7.04. The SMILES string of the molecule is CN(C(=O)CCn1cnc2sc3c(c2c1=O)CCCC3)C1CCNC1.Cl. The van der Waals surface area contributed by atoms with Gasteiger partial charge in [0.05, 0.1) is 11.7 Å². The van der Waals surface area contributed by atoms with Crippen LogP contribution >= 0.6 is 23.7 Å². The molecule has 2 aromatic rings. The first kappa shape index (κ1) is 19.3. The molecule has 2 aromatic heterocycles. The summed E-state index contributed by atoms with van der Waals surface area (Å²) in [5, 5.41) is 4.07. The van der Waals surface area contributed by atoms with Crippen LogP contribution < -0.4 is 10.9 Å². The molecule has 0 aromatic carbocycles. The van der Waals surface area contributed by atoms with Crippen LogP contribution in [0.5, 0.6) is 0 Å². The van der Waals surface area contributed by atoms with E-state index in [-0.39, 0.29) is 29.9 Å².